The quantitative estimate of drug-likeness (QED) is 0.913. The molecule has 2 aromatic rings. The monoisotopic (exact) mass is 336 g/mol. The highest BCUT2D eigenvalue weighted by atomic mass is 79.9. The highest BCUT2D eigenvalue weighted by molar-refractivity contribution is 9.10. The average molecular weight is 337 g/mol. The van der Waals surface area contributed by atoms with Crippen LogP contribution in [0.2, 0.25) is 0 Å². The molecule has 106 valence electrons. The summed E-state index contributed by atoms with van der Waals surface area (Å²) >= 11 is 3.35. The van der Waals surface area contributed by atoms with E-state index in [1.807, 2.05) is 31.2 Å². The van der Waals surface area contributed by atoms with Crippen molar-refractivity contribution >= 4 is 15.9 Å². The second-order valence-electron chi connectivity index (χ2n) is 4.45. The first kappa shape index (κ1) is 14.8. The van der Waals surface area contributed by atoms with Gasteiger partial charge in [-0.15, -0.1) is 0 Å². The molecule has 1 heterocycles. The Kier molecular flexibility index (Phi) is 4.98. The Balaban J connectivity index is 2.13. The van der Waals surface area contributed by atoms with E-state index in [-0.39, 0.29) is 11.6 Å². The molecule has 0 fully saturated rings. The maximum Gasteiger partial charge on any atom is 0.250 e. The third-order valence-corrected chi connectivity index (χ3v) is 3.43. The highest BCUT2D eigenvalue weighted by Gasteiger charge is 2.08. The van der Waals surface area contributed by atoms with Crippen LogP contribution >= 0.6 is 15.9 Å². The summed E-state index contributed by atoms with van der Waals surface area (Å²) in [6.45, 7) is 3.02. The zero-order valence-corrected chi connectivity index (χ0v) is 12.8. The molecule has 0 amide bonds. The fourth-order valence-electron chi connectivity index (χ4n) is 1.94. The van der Waals surface area contributed by atoms with Crippen LogP contribution in [0.1, 0.15) is 18.5 Å². The van der Waals surface area contributed by atoms with Gasteiger partial charge < -0.3 is 15.0 Å². The molecule has 5 heteroatoms. The van der Waals surface area contributed by atoms with E-state index < -0.39 is 0 Å². The number of halogens is 1. The van der Waals surface area contributed by atoms with Crippen LogP contribution < -0.4 is 16.0 Å². The van der Waals surface area contributed by atoms with E-state index >= 15 is 0 Å². The SMILES string of the molecule is CCOc1ccc(C(N)Cn2cc(Br)ccc2=O)cc1. The van der Waals surface area contributed by atoms with Crippen molar-refractivity contribution in [2.75, 3.05) is 6.61 Å². The van der Waals surface area contributed by atoms with Gasteiger partial charge in [-0.2, -0.15) is 0 Å². The van der Waals surface area contributed by atoms with Crippen LogP contribution in [0.25, 0.3) is 0 Å². The summed E-state index contributed by atoms with van der Waals surface area (Å²) in [4.78, 5) is 11.7. The maximum absolute atomic E-state index is 11.7. The molecule has 0 aliphatic heterocycles. The molecule has 4 nitrogen and oxygen atoms in total. The molecule has 0 aliphatic carbocycles. The Bertz CT molecular complexity index is 623. The second-order valence-corrected chi connectivity index (χ2v) is 5.36. The maximum atomic E-state index is 11.7. The van der Waals surface area contributed by atoms with Crippen LogP contribution in [0.15, 0.2) is 51.9 Å². The van der Waals surface area contributed by atoms with Gasteiger partial charge in [0.15, 0.2) is 0 Å². The molecule has 20 heavy (non-hydrogen) atoms. The molecular weight excluding hydrogens is 320 g/mol. The number of nitrogens with two attached hydrogens (primary N) is 1. The van der Waals surface area contributed by atoms with Crippen LogP contribution in [0.3, 0.4) is 0 Å². The number of hydrogen-bond acceptors (Lipinski definition) is 3. The average Bonchev–Trinajstić information content (AvgIpc) is 2.44. The highest BCUT2D eigenvalue weighted by Crippen LogP contribution is 2.17. The Morgan fingerprint density at radius 2 is 1.95 bits per heavy atom. The molecule has 0 bridgehead atoms. The van der Waals surface area contributed by atoms with Crippen LogP contribution in [0.5, 0.6) is 5.75 Å². The molecule has 1 aromatic heterocycles. The standard InChI is InChI=1S/C15H17BrN2O2/c1-2-20-13-6-3-11(4-7-13)14(17)10-18-9-12(16)5-8-15(18)19/h3-9,14H,2,10,17H2,1H3. The van der Waals surface area contributed by atoms with Gasteiger partial charge >= 0.3 is 0 Å². The summed E-state index contributed by atoms with van der Waals surface area (Å²) in [7, 11) is 0. The van der Waals surface area contributed by atoms with E-state index in [0.29, 0.717) is 13.2 Å². The zero-order chi connectivity index (χ0) is 14.5. The Hall–Kier alpha value is -1.59. The number of nitrogens with zero attached hydrogens (tertiary/aromatic N) is 1. The van der Waals surface area contributed by atoms with E-state index in [9.17, 15) is 4.79 Å². The number of ether oxygens (including phenoxy) is 1. The molecule has 0 aliphatic rings. The smallest absolute Gasteiger partial charge is 0.250 e. The largest absolute Gasteiger partial charge is 0.494 e. The van der Waals surface area contributed by atoms with Gasteiger partial charge in [0, 0.05) is 29.3 Å². The van der Waals surface area contributed by atoms with Crippen LogP contribution in [0, 0.1) is 0 Å². The minimum atomic E-state index is -0.238. The normalized spacial score (nSPS) is 12.2. The van der Waals surface area contributed by atoms with Gasteiger partial charge in [0.25, 0.3) is 5.56 Å². The van der Waals surface area contributed by atoms with Crippen LogP contribution in [0.4, 0.5) is 0 Å². The van der Waals surface area contributed by atoms with Gasteiger partial charge in [-0.25, -0.2) is 0 Å². The van der Waals surface area contributed by atoms with E-state index in [4.69, 9.17) is 10.5 Å². The van der Waals surface area contributed by atoms with Gasteiger partial charge in [-0.1, -0.05) is 12.1 Å². The van der Waals surface area contributed by atoms with Crippen molar-refractivity contribution in [1.29, 1.82) is 0 Å². The summed E-state index contributed by atoms with van der Waals surface area (Å²) in [6, 6.07) is 10.6. The number of benzene rings is 1. The van der Waals surface area contributed by atoms with Crippen molar-refractivity contribution in [3.05, 3.63) is 63.0 Å². The van der Waals surface area contributed by atoms with Crippen LogP contribution in [-0.2, 0) is 6.54 Å². The lowest BCUT2D eigenvalue weighted by atomic mass is 10.1. The molecule has 0 spiro atoms. The number of aromatic nitrogens is 1. The van der Waals surface area contributed by atoms with Gasteiger partial charge in [-0.3, -0.25) is 4.79 Å². The summed E-state index contributed by atoms with van der Waals surface area (Å²) < 4.78 is 7.85. The van der Waals surface area contributed by atoms with Crippen molar-refractivity contribution in [2.45, 2.75) is 19.5 Å². The molecule has 0 saturated heterocycles. The number of hydrogen-bond donors (Lipinski definition) is 1. The molecule has 0 radical (unpaired) electrons. The summed E-state index contributed by atoms with van der Waals surface area (Å²) in [5, 5.41) is 0. The molecule has 1 aromatic carbocycles. The minimum absolute atomic E-state index is 0.0606. The van der Waals surface area contributed by atoms with Gasteiger partial charge in [0.05, 0.1) is 6.61 Å². The molecule has 1 atom stereocenters. The van der Waals surface area contributed by atoms with E-state index in [2.05, 4.69) is 15.9 Å². The van der Waals surface area contributed by atoms with Crippen molar-refractivity contribution in [1.82, 2.24) is 4.57 Å². The Morgan fingerprint density at radius 3 is 2.60 bits per heavy atom. The lowest BCUT2D eigenvalue weighted by Crippen LogP contribution is -2.25. The predicted octanol–water partition coefficient (Wildman–Crippen LogP) is 2.71. The minimum Gasteiger partial charge on any atom is -0.494 e. The fraction of sp³-hybridized carbons (Fsp3) is 0.267. The fourth-order valence-corrected chi connectivity index (χ4v) is 2.32. The van der Waals surface area contributed by atoms with Crippen molar-refractivity contribution in [2.24, 2.45) is 5.73 Å². The van der Waals surface area contributed by atoms with Gasteiger partial charge in [-0.05, 0) is 46.6 Å². The number of rotatable bonds is 5. The first-order valence-electron chi connectivity index (χ1n) is 6.44. The Morgan fingerprint density at radius 1 is 1.25 bits per heavy atom. The summed E-state index contributed by atoms with van der Waals surface area (Å²) in [5.41, 5.74) is 7.07. The molecule has 0 saturated carbocycles. The first-order valence-corrected chi connectivity index (χ1v) is 7.24. The van der Waals surface area contributed by atoms with Gasteiger partial charge in [0.2, 0.25) is 0 Å². The molecular formula is C15H17BrN2O2. The van der Waals surface area contributed by atoms with E-state index in [0.717, 1.165) is 15.8 Å². The molecule has 1 unspecified atom stereocenters. The topological polar surface area (TPSA) is 57.2 Å². The van der Waals surface area contributed by atoms with Gasteiger partial charge in [0.1, 0.15) is 5.75 Å². The first-order chi connectivity index (χ1) is 9.60. The second kappa shape index (κ2) is 6.72. The van der Waals surface area contributed by atoms with Crippen molar-refractivity contribution in [3.63, 3.8) is 0 Å². The third-order valence-electron chi connectivity index (χ3n) is 2.96. The summed E-state index contributed by atoms with van der Waals surface area (Å²) in [5.74, 6) is 0.822. The van der Waals surface area contributed by atoms with E-state index in [1.54, 1.807) is 16.8 Å². The van der Waals surface area contributed by atoms with Crippen molar-refractivity contribution < 1.29 is 4.74 Å². The molecule has 2 rings (SSSR count). The lowest BCUT2D eigenvalue weighted by molar-refractivity contribution is 0.340. The molecule has 2 N–H and O–H groups in total. The Labute approximate surface area is 126 Å². The van der Waals surface area contributed by atoms with Crippen LogP contribution in [-0.4, -0.2) is 11.2 Å². The van der Waals surface area contributed by atoms with E-state index in [1.165, 1.54) is 6.07 Å². The predicted molar refractivity (Wildman–Crippen MR) is 82.9 cm³/mol. The lowest BCUT2D eigenvalue weighted by Gasteiger charge is -2.14. The summed E-state index contributed by atoms with van der Waals surface area (Å²) in [6.07, 6.45) is 1.75. The number of pyridine rings is 1. The van der Waals surface area contributed by atoms with Crippen molar-refractivity contribution in [3.8, 4) is 5.75 Å². The zero-order valence-electron chi connectivity index (χ0n) is 11.3. The third kappa shape index (κ3) is 3.71.